The quantitative estimate of drug-likeness (QED) is 0.706. The van der Waals surface area contributed by atoms with Gasteiger partial charge in [-0.15, -0.1) is 0 Å². The number of ether oxygens (including phenoxy) is 1. The minimum atomic E-state index is 0.660. The first-order chi connectivity index (χ1) is 8.27. The van der Waals surface area contributed by atoms with Crippen molar-refractivity contribution in [3.63, 3.8) is 0 Å². The highest BCUT2D eigenvalue weighted by molar-refractivity contribution is 4.77. The van der Waals surface area contributed by atoms with Crippen LogP contribution in [0.3, 0.4) is 0 Å². The van der Waals surface area contributed by atoms with Crippen molar-refractivity contribution in [2.24, 2.45) is 0 Å². The molecular formula is C14H30N2O. The van der Waals surface area contributed by atoms with Gasteiger partial charge in [0.15, 0.2) is 0 Å². The molecule has 102 valence electrons. The van der Waals surface area contributed by atoms with Crippen LogP contribution in [0, 0.1) is 0 Å². The van der Waals surface area contributed by atoms with Crippen LogP contribution in [0.15, 0.2) is 0 Å². The van der Waals surface area contributed by atoms with Crippen LogP contribution in [0.25, 0.3) is 0 Å². The van der Waals surface area contributed by atoms with Gasteiger partial charge < -0.3 is 15.0 Å². The average molecular weight is 242 g/mol. The zero-order valence-electron chi connectivity index (χ0n) is 11.9. The molecule has 1 heterocycles. The highest BCUT2D eigenvalue weighted by Gasteiger charge is 2.20. The van der Waals surface area contributed by atoms with Crippen LogP contribution in [0.2, 0.25) is 0 Å². The largest absolute Gasteiger partial charge is 0.381 e. The molecule has 1 aliphatic rings. The molecule has 0 saturated carbocycles. The topological polar surface area (TPSA) is 24.5 Å². The summed E-state index contributed by atoms with van der Waals surface area (Å²) in [6.45, 7) is 8.71. The van der Waals surface area contributed by atoms with Crippen molar-refractivity contribution in [1.82, 2.24) is 10.2 Å². The Morgan fingerprint density at radius 1 is 1.24 bits per heavy atom. The van der Waals surface area contributed by atoms with Gasteiger partial charge >= 0.3 is 0 Å². The number of likely N-dealkylation sites (N-methyl/N-ethyl adjacent to an activating group) is 1. The maximum atomic E-state index is 5.42. The lowest BCUT2D eigenvalue weighted by Gasteiger charge is -2.34. The molecule has 0 aliphatic carbocycles. The van der Waals surface area contributed by atoms with Gasteiger partial charge in [0.2, 0.25) is 0 Å². The van der Waals surface area contributed by atoms with E-state index in [0.717, 1.165) is 25.8 Å². The third-order valence-electron chi connectivity index (χ3n) is 3.64. The molecule has 0 radical (unpaired) electrons. The average Bonchev–Trinajstić information content (AvgIpc) is 2.37. The summed E-state index contributed by atoms with van der Waals surface area (Å²) in [5.41, 5.74) is 0. The Labute approximate surface area is 107 Å². The molecule has 1 atom stereocenters. The molecule has 0 aromatic heterocycles. The SMILES string of the molecule is CCCNC(CCC)CN(C)C1CCOCC1. The fourth-order valence-electron chi connectivity index (χ4n) is 2.58. The van der Waals surface area contributed by atoms with E-state index in [9.17, 15) is 0 Å². The first-order valence-electron chi connectivity index (χ1n) is 7.29. The molecule has 1 aliphatic heterocycles. The predicted molar refractivity (Wildman–Crippen MR) is 73.5 cm³/mol. The Morgan fingerprint density at radius 2 is 1.94 bits per heavy atom. The van der Waals surface area contributed by atoms with Crippen LogP contribution in [-0.2, 0) is 4.74 Å². The summed E-state index contributed by atoms with van der Waals surface area (Å²) in [6.07, 6.45) is 6.17. The first-order valence-corrected chi connectivity index (χ1v) is 7.29. The Kier molecular flexibility index (Phi) is 7.82. The van der Waals surface area contributed by atoms with E-state index >= 15 is 0 Å². The fourth-order valence-corrected chi connectivity index (χ4v) is 2.58. The maximum absolute atomic E-state index is 5.42. The molecule has 1 rings (SSSR count). The van der Waals surface area contributed by atoms with Gasteiger partial charge in [0.05, 0.1) is 0 Å². The van der Waals surface area contributed by atoms with E-state index in [4.69, 9.17) is 4.74 Å². The Hall–Kier alpha value is -0.120. The molecule has 0 bridgehead atoms. The van der Waals surface area contributed by atoms with Gasteiger partial charge in [-0.25, -0.2) is 0 Å². The summed E-state index contributed by atoms with van der Waals surface area (Å²) >= 11 is 0. The molecule has 1 saturated heterocycles. The van der Waals surface area contributed by atoms with Crippen LogP contribution in [0.5, 0.6) is 0 Å². The van der Waals surface area contributed by atoms with Gasteiger partial charge in [0, 0.05) is 31.8 Å². The van der Waals surface area contributed by atoms with Crippen molar-refractivity contribution in [3.05, 3.63) is 0 Å². The number of hydrogen-bond acceptors (Lipinski definition) is 3. The molecule has 1 N–H and O–H groups in total. The van der Waals surface area contributed by atoms with E-state index in [2.05, 4.69) is 31.1 Å². The second-order valence-corrected chi connectivity index (χ2v) is 5.22. The van der Waals surface area contributed by atoms with E-state index in [0.29, 0.717) is 6.04 Å². The lowest BCUT2D eigenvalue weighted by molar-refractivity contribution is 0.0398. The third kappa shape index (κ3) is 5.84. The second kappa shape index (κ2) is 8.90. The van der Waals surface area contributed by atoms with Crippen molar-refractivity contribution in [3.8, 4) is 0 Å². The highest BCUT2D eigenvalue weighted by Crippen LogP contribution is 2.13. The van der Waals surface area contributed by atoms with Crippen LogP contribution in [0.1, 0.15) is 46.0 Å². The van der Waals surface area contributed by atoms with Gasteiger partial charge in [-0.05, 0) is 39.3 Å². The molecule has 3 heteroatoms. The van der Waals surface area contributed by atoms with E-state index in [-0.39, 0.29) is 0 Å². The molecule has 17 heavy (non-hydrogen) atoms. The minimum Gasteiger partial charge on any atom is -0.381 e. The summed E-state index contributed by atoms with van der Waals surface area (Å²) in [6, 6.07) is 1.39. The van der Waals surface area contributed by atoms with Gasteiger partial charge in [-0.3, -0.25) is 0 Å². The van der Waals surface area contributed by atoms with Crippen molar-refractivity contribution in [2.75, 3.05) is 33.4 Å². The Morgan fingerprint density at radius 3 is 2.53 bits per heavy atom. The molecule has 0 spiro atoms. The van der Waals surface area contributed by atoms with E-state index in [1.165, 1.54) is 38.6 Å². The van der Waals surface area contributed by atoms with Gasteiger partial charge in [-0.1, -0.05) is 20.3 Å². The summed E-state index contributed by atoms with van der Waals surface area (Å²) in [4.78, 5) is 2.53. The zero-order chi connectivity index (χ0) is 12.5. The number of rotatable bonds is 8. The van der Waals surface area contributed by atoms with Crippen LogP contribution in [0.4, 0.5) is 0 Å². The number of nitrogens with zero attached hydrogens (tertiary/aromatic N) is 1. The summed E-state index contributed by atoms with van der Waals surface area (Å²) in [7, 11) is 2.27. The highest BCUT2D eigenvalue weighted by atomic mass is 16.5. The van der Waals surface area contributed by atoms with Crippen molar-refractivity contribution in [1.29, 1.82) is 0 Å². The van der Waals surface area contributed by atoms with Crippen molar-refractivity contribution >= 4 is 0 Å². The zero-order valence-corrected chi connectivity index (χ0v) is 11.9. The Balaban J connectivity index is 2.30. The molecule has 1 unspecified atom stereocenters. The van der Waals surface area contributed by atoms with Crippen LogP contribution in [-0.4, -0.2) is 50.3 Å². The predicted octanol–water partition coefficient (Wildman–Crippen LogP) is 2.27. The van der Waals surface area contributed by atoms with Gasteiger partial charge in [0.25, 0.3) is 0 Å². The van der Waals surface area contributed by atoms with Crippen LogP contribution < -0.4 is 5.32 Å². The standard InChI is InChI=1S/C14H30N2O/c1-4-6-13(15-9-5-2)12-16(3)14-7-10-17-11-8-14/h13-15H,4-12H2,1-3H3. The maximum Gasteiger partial charge on any atom is 0.0480 e. The minimum absolute atomic E-state index is 0.660. The van der Waals surface area contributed by atoms with E-state index in [1.54, 1.807) is 0 Å². The summed E-state index contributed by atoms with van der Waals surface area (Å²) < 4.78 is 5.42. The second-order valence-electron chi connectivity index (χ2n) is 5.22. The molecule has 0 aromatic carbocycles. The normalized spacial score (nSPS) is 19.8. The number of hydrogen-bond donors (Lipinski definition) is 1. The smallest absolute Gasteiger partial charge is 0.0480 e. The van der Waals surface area contributed by atoms with Crippen molar-refractivity contribution < 1.29 is 4.74 Å². The number of nitrogens with one attached hydrogen (secondary N) is 1. The van der Waals surface area contributed by atoms with E-state index < -0.39 is 0 Å². The van der Waals surface area contributed by atoms with Gasteiger partial charge in [0.1, 0.15) is 0 Å². The summed E-state index contributed by atoms with van der Waals surface area (Å²) in [5, 5.41) is 3.67. The molecule has 0 aromatic rings. The van der Waals surface area contributed by atoms with Crippen molar-refractivity contribution in [2.45, 2.75) is 58.0 Å². The van der Waals surface area contributed by atoms with E-state index in [1.807, 2.05) is 0 Å². The molecule has 3 nitrogen and oxygen atoms in total. The monoisotopic (exact) mass is 242 g/mol. The lowest BCUT2D eigenvalue weighted by Crippen LogP contribution is -2.45. The molecular weight excluding hydrogens is 212 g/mol. The Bertz CT molecular complexity index is 181. The summed E-state index contributed by atoms with van der Waals surface area (Å²) in [5.74, 6) is 0. The molecule has 0 amide bonds. The van der Waals surface area contributed by atoms with Crippen LogP contribution >= 0.6 is 0 Å². The lowest BCUT2D eigenvalue weighted by atomic mass is 10.1. The third-order valence-corrected chi connectivity index (χ3v) is 3.64. The molecule has 1 fully saturated rings. The van der Waals surface area contributed by atoms with Gasteiger partial charge in [-0.2, -0.15) is 0 Å². The fraction of sp³-hybridized carbons (Fsp3) is 1.00. The first kappa shape index (κ1) is 14.9.